The van der Waals surface area contributed by atoms with Crippen LogP contribution in [0.25, 0.3) is 0 Å². The number of para-hydroxylation sites is 1. The van der Waals surface area contributed by atoms with Crippen LogP contribution < -0.4 is 10.1 Å². The molecule has 2 bridgehead atoms. The van der Waals surface area contributed by atoms with Gasteiger partial charge >= 0.3 is 0 Å². The first kappa shape index (κ1) is 25.9. The van der Waals surface area contributed by atoms with Crippen molar-refractivity contribution in [1.29, 1.82) is 0 Å². The Labute approximate surface area is 213 Å². The Balaban J connectivity index is 1.56. The van der Waals surface area contributed by atoms with Crippen LogP contribution in [-0.2, 0) is 22.7 Å². The summed E-state index contributed by atoms with van der Waals surface area (Å²) in [6.07, 6.45) is 5.36. The number of carbonyl (C=O) groups is 2. The van der Waals surface area contributed by atoms with E-state index in [4.69, 9.17) is 4.74 Å². The van der Waals surface area contributed by atoms with Gasteiger partial charge in [-0.2, -0.15) is 0 Å². The number of ether oxygens (including phenoxy) is 1. The number of hydrogen-bond acceptors (Lipinski definition) is 4. The molecule has 0 aliphatic carbocycles. The van der Waals surface area contributed by atoms with Gasteiger partial charge in [0.15, 0.2) is 0 Å². The fourth-order valence-corrected chi connectivity index (χ4v) is 5.04. The SMILES string of the molecule is CC(C)NC(=O)C[C@@H]1CCN2C[C@@H]1/C=C\COc1ccccc1CN(Cc1ccc(F)cc1)CC2=O. The Morgan fingerprint density at radius 1 is 1.14 bits per heavy atom. The van der Waals surface area contributed by atoms with Crippen molar-refractivity contribution in [3.63, 3.8) is 0 Å². The van der Waals surface area contributed by atoms with E-state index >= 15 is 0 Å². The zero-order valence-corrected chi connectivity index (χ0v) is 21.2. The number of rotatable bonds is 5. The fraction of sp³-hybridized carbons (Fsp3) is 0.448. The minimum absolute atomic E-state index is 0.0572. The molecule has 4 rings (SSSR count). The van der Waals surface area contributed by atoms with Gasteiger partial charge in [0.25, 0.3) is 0 Å². The normalized spacial score (nSPS) is 22.0. The van der Waals surface area contributed by atoms with Crippen LogP contribution in [0.1, 0.15) is 37.8 Å². The Kier molecular flexibility index (Phi) is 8.75. The number of benzene rings is 2. The smallest absolute Gasteiger partial charge is 0.236 e. The molecule has 192 valence electrons. The monoisotopic (exact) mass is 493 g/mol. The molecule has 2 atom stereocenters. The summed E-state index contributed by atoms with van der Waals surface area (Å²) in [4.78, 5) is 29.9. The zero-order valence-electron chi connectivity index (χ0n) is 21.2. The Morgan fingerprint density at radius 3 is 2.69 bits per heavy atom. The molecule has 2 aliphatic rings. The van der Waals surface area contributed by atoms with Crippen molar-refractivity contribution in [3.05, 3.63) is 77.6 Å². The Hall–Kier alpha value is -3.19. The first-order chi connectivity index (χ1) is 17.4. The molecule has 2 aromatic carbocycles. The largest absolute Gasteiger partial charge is 0.489 e. The molecule has 0 unspecified atom stereocenters. The second-order valence-corrected chi connectivity index (χ2v) is 10.1. The third-order valence-corrected chi connectivity index (χ3v) is 6.82. The maximum Gasteiger partial charge on any atom is 0.236 e. The molecule has 2 amide bonds. The molecule has 0 aromatic heterocycles. The molecule has 0 radical (unpaired) electrons. The summed E-state index contributed by atoms with van der Waals surface area (Å²) >= 11 is 0. The van der Waals surface area contributed by atoms with E-state index in [-0.39, 0.29) is 42.1 Å². The van der Waals surface area contributed by atoms with Crippen LogP contribution >= 0.6 is 0 Å². The van der Waals surface area contributed by atoms with Crippen LogP contribution in [0.5, 0.6) is 5.75 Å². The van der Waals surface area contributed by atoms with E-state index in [1.54, 1.807) is 12.1 Å². The highest BCUT2D eigenvalue weighted by Gasteiger charge is 2.32. The summed E-state index contributed by atoms with van der Waals surface area (Å²) in [5.41, 5.74) is 1.95. The van der Waals surface area contributed by atoms with Crippen LogP contribution in [0, 0.1) is 17.7 Å². The topological polar surface area (TPSA) is 61.9 Å². The minimum atomic E-state index is -0.276. The summed E-state index contributed by atoms with van der Waals surface area (Å²) in [5, 5.41) is 2.99. The predicted molar refractivity (Wildman–Crippen MR) is 138 cm³/mol. The van der Waals surface area contributed by atoms with E-state index in [0.717, 1.165) is 23.3 Å². The lowest BCUT2D eigenvalue weighted by Crippen LogP contribution is -2.48. The van der Waals surface area contributed by atoms with Gasteiger partial charge in [-0.1, -0.05) is 42.5 Å². The summed E-state index contributed by atoms with van der Waals surface area (Å²) in [6.45, 7) is 6.89. The molecule has 2 heterocycles. The summed E-state index contributed by atoms with van der Waals surface area (Å²) < 4.78 is 19.6. The summed E-state index contributed by atoms with van der Waals surface area (Å²) in [7, 11) is 0. The molecular formula is C29H36FN3O3. The second-order valence-electron chi connectivity index (χ2n) is 10.1. The zero-order chi connectivity index (χ0) is 25.5. The average Bonchev–Trinajstić information content (AvgIpc) is 2.84. The third-order valence-electron chi connectivity index (χ3n) is 6.82. The molecule has 36 heavy (non-hydrogen) atoms. The number of carbonyl (C=O) groups excluding carboxylic acids is 2. The summed E-state index contributed by atoms with van der Waals surface area (Å²) in [5.74, 6) is 0.901. The summed E-state index contributed by atoms with van der Waals surface area (Å²) in [6, 6.07) is 14.4. The van der Waals surface area contributed by atoms with E-state index in [0.29, 0.717) is 39.2 Å². The standard InChI is InChI=1S/C29H36FN3O3/c1-21(2)31-28(34)16-23-13-14-33-19-24(23)7-5-15-36-27-8-4-3-6-25(27)18-32(20-29(33)35)17-22-9-11-26(30)12-10-22/h3-12,21,23-24H,13-20H2,1-2H3,(H,31,34)/b7-5-/t23-,24-/m0/s1. The highest BCUT2D eigenvalue weighted by atomic mass is 19.1. The Bertz CT molecular complexity index is 1070. The number of fused-ring (bicyclic) bond motifs is 3. The highest BCUT2D eigenvalue weighted by molar-refractivity contribution is 5.79. The maximum atomic E-state index is 13.5. The van der Waals surface area contributed by atoms with Crippen molar-refractivity contribution < 1.29 is 18.7 Å². The molecule has 7 heteroatoms. The van der Waals surface area contributed by atoms with Gasteiger partial charge in [-0.05, 0) is 55.9 Å². The van der Waals surface area contributed by atoms with E-state index in [9.17, 15) is 14.0 Å². The first-order valence-corrected chi connectivity index (χ1v) is 12.8. The van der Waals surface area contributed by atoms with Gasteiger partial charge in [-0.25, -0.2) is 4.39 Å². The quantitative estimate of drug-likeness (QED) is 0.636. The van der Waals surface area contributed by atoms with E-state index in [1.165, 1.54) is 12.1 Å². The van der Waals surface area contributed by atoms with Crippen molar-refractivity contribution >= 4 is 11.8 Å². The fourth-order valence-electron chi connectivity index (χ4n) is 5.04. The predicted octanol–water partition coefficient (Wildman–Crippen LogP) is 4.16. The van der Waals surface area contributed by atoms with Crippen molar-refractivity contribution in [2.45, 2.75) is 45.8 Å². The average molecular weight is 494 g/mol. The van der Waals surface area contributed by atoms with Crippen molar-refractivity contribution in [2.24, 2.45) is 11.8 Å². The number of hydrogen-bond donors (Lipinski definition) is 1. The first-order valence-electron chi connectivity index (χ1n) is 12.8. The number of nitrogens with zero attached hydrogens (tertiary/aromatic N) is 2. The molecule has 2 aliphatic heterocycles. The molecule has 6 nitrogen and oxygen atoms in total. The van der Waals surface area contributed by atoms with Gasteiger partial charge in [0.05, 0.1) is 6.54 Å². The molecule has 1 saturated heterocycles. The molecule has 0 spiro atoms. The van der Waals surface area contributed by atoms with Crippen LogP contribution in [0.4, 0.5) is 4.39 Å². The van der Waals surface area contributed by atoms with Gasteiger partial charge in [0.2, 0.25) is 11.8 Å². The van der Waals surface area contributed by atoms with Gasteiger partial charge in [-0.3, -0.25) is 14.5 Å². The van der Waals surface area contributed by atoms with Crippen LogP contribution in [0.2, 0.25) is 0 Å². The van der Waals surface area contributed by atoms with Crippen molar-refractivity contribution in [3.8, 4) is 5.75 Å². The number of piperidine rings is 1. The number of nitrogens with one attached hydrogen (secondary N) is 1. The van der Waals surface area contributed by atoms with Crippen LogP contribution in [0.15, 0.2) is 60.7 Å². The van der Waals surface area contributed by atoms with Gasteiger partial charge in [-0.15, -0.1) is 0 Å². The van der Waals surface area contributed by atoms with E-state index in [2.05, 4.69) is 16.3 Å². The molecule has 2 aromatic rings. The van der Waals surface area contributed by atoms with Gasteiger partial charge < -0.3 is 15.0 Å². The van der Waals surface area contributed by atoms with Crippen LogP contribution in [0.3, 0.4) is 0 Å². The van der Waals surface area contributed by atoms with Gasteiger partial charge in [0.1, 0.15) is 18.2 Å². The van der Waals surface area contributed by atoms with Crippen molar-refractivity contribution in [2.75, 3.05) is 26.2 Å². The van der Waals surface area contributed by atoms with Gasteiger partial charge in [0, 0.05) is 44.2 Å². The Morgan fingerprint density at radius 2 is 1.92 bits per heavy atom. The molecule has 1 N–H and O–H groups in total. The molecule has 1 fully saturated rings. The van der Waals surface area contributed by atoms with E-state index < -0.39 is 0 Å². The number of amides is 2. The lowest BCUT2D eigenvalue weighted by molar-refractivity contribution is -0.135. The van der Waals surface area contributed by atoms with Crippen LogP contribution in [-0.4, -0.2) is 53.9 Å². The second kappa shape index (κ2) is 12.2. The highest BCUT2D eigenvalue weighted by Crippen LogP contribution is 2.29. The van der Waals surface area contributed by atoms with E-state index in [1.807, 2.05) is 49.1 Å². The van der Waals surface area contributed by atoms with Crippen molar-refractivity contribution in [1.82, 2.24) is 15.1 Å². The number of halogens is 1. The lowest BCUT2D eigenvalue weighted by atomic mass is 9.82. The molecule has 0 saturated carbocycles. The third kappa shape index (κ3) is 7.17. The lowest BCUT2D eigenvalue weighted by Gasteiger charge is -2.38. The maximum absolute atomic E-state index is 13.5. The minimum Gasteiger partial charge on any atom is -0.489 e. The molecular weight excluding hydrogens is 457 g/mol.